The number of carbonyl (C=O) groups excluding carboxylic acids is 1. The number of methoxy groups -OCH3 is 2. The van der Waals surface area contributed by atoms with Gasteiger partial charge in [0.1, 0.15) is 0 Å². The topological polar surface area (TPSA) is 63.3 Å². The minimum Gasteiger partial charge on any atom is -0.465 e. The molecule has 0 aliphatic carbocycles. The zero-order chi connectivity index (χ0) is 12.9. The minimum absolute atomic E-state index is 0.146. The Balaban J connectivity index is 2.64. The minimum atomic E-state index is -0.326. The van der Waals surface area contributed by atoms with Crippen LogP contribution in [0.5, 0.6) is 0 Å². The zero-order valence-electron chi connectivity index (χ0n) is 10.8. The van der Waals surface area contributed by atoms with Gasteiger partial charge in [-0.2, -0.15) is 0 Å². The number of hydrogen-bond acceptors (Lipinski definition) is 4. The third-order valence-electron chi connectivity index (χ3n) is 2.49. The molecule has 1 aromatic heterocycles. The Morgan fingerprint density at radius 2 is 2.18 bits per heavy atom. The van der Waals surface area contributed by atoms with Crippen molar-refractivity contribution in [3.63, 3.8) is 0 Å². The zero-order valence-corrected chi connectivity index (χ0v) is 10.8. The smallest absolute Gasteiger partial charge is 0.339 e. The lowest BCUT2D eigenvalue weighted by molar-refractivity contribution is 0.0599. The molecule has 0 saturated heterocycles. The molecule has 5 heteroatoms. The summed E-state index contributed by atoms with van der Waals surface area (Å²) in [5.74, 6) is -0.326. The standard InChI is InChI=1S/C12H20N2O3/c1-12(2,8-16-3)14-7-10-9(5-6-13-10)11(15)17-4/h5-6,13-14H,7-8H2,1-4H3. The van der Waals surface area contributed by atoms with E-state index in [1.165, 1.54) is 7.11 Å². The van der Waals surface area contributed by atoms with Gasteiger partial charge in [0.15, 0.2) is 0 Å². The molecule has 0 bridgehead atoms. The van der Waals surface area contributed by atoms with Crippen molar-refractivity contribution in [3.05, 3.63) is 23.5 Å². The maximum Gasteiger partial charge on any atom is 0.339 e. The van der Waals surface area contributed by atoms with Crippen LogP contribution in [0, 0.1) is 0 Å². The Morgan fingerprint density at radius 1 is 1.47 bits per heavy atom. The SMILES string of the molecule is COCC(C)(C)NCc1[nH]ccc1C(=O)OC. The van der Waals surface area contributed by atoms with Crippen molar-refractivity contribution in [2.45, 2.75) is 25.9 Å². The summed E-state index contributed by atoms with van der Waals surface area (Å²) in [5.41, 5.74) is 1.24. The Morgan fingerprint density at radius 3 is 2.76 bits per heavy atom. The van der Waals surface area contributed by atoms with Gasteiger partial charge >= 0.3 is 5.97 Å². The number of aromatic nitrogens is 1. The van der Waals surface area contributed by atoms with Gasteiger partial charge in [-0.1, -0.05) is 0 Å². The van der Waals surface area contributed by atoms with Gasteiger partial charge in [-0.3, -0.25) is 0 Å². The van der Waals surface area contributed by atoms with Gasteiger partial charge in [0.05, 0.1) is 19.3 Å². The quantitative estimate of drug-likeness (QED) is 0.736. The average molecular weight is 240 g/mol. The molecule has 1 aromatic rings. The van der Waals surface area contributed by atoms with Crippen molar-refractivity contribution in [1.29, 1.82) is 0 Å². The Labute approximate surface area is 101 Å². The van der Waals surface area contributed by atoms with E-state index in [9.17, 15) is 4.79 Å². The van der Waals surface area contributed by atoms with Crippen LogP contribution in [-0.4, -0.2) is 37.3 Å². The van der Waals surface area contributed by atoms with E-state index in [4.69, 9.17) is 9.47 Å². The van der Waals surface area contributed by atoms with Gasteiger partial charge in [-0.15, -0.1) is 0 Å². The second kappa shape index (κ2) is 5.84. The average Bonchev–Trinajstić information content (AvgIpc) is 2.73. The maximum absolute atomic E-state index is 11.5. The summed E-state index contributed by atoms with van der Waals surface area (Å²) in [7, 11) is 3.04. The molecule has 0 spiro atoms. The van der Waals surface area contributed by atoms with E-state index in [0.717, 1.165) is 5.69 Å². The summed E-state index contributed by atoms with van der Waals surface area (Å²) < 4.78 is 9.81. The molecule has 0 aromatic carbocycles. The third-order valence-corrected chi connectivity index (χ3v) is 2.49. The highest BCUT2D eigenvalue weighted by Crippen LogP contribution is 2.10. The largest absolute Gasteiger partial charge is 0.465 e. The molecule has 0 amide bonds. The molecule has 0 radical (unpaired) electrons. The fraction of sp³-hybridized carbons (Fsp3) is 0.583. The molecular weight excluding hydrogens is 220 g/mol. The van der Waals surface area contributed by atoms with E-state index in [1.54, 1.807) is 19.4 Å². The fourth-order valence-electron chi connectivity index (χ4n) is 1.59. The highest BCUT2D eigenvalue weighted by molar-refractivity contribution is 5.90. The molecule has 2 N–H and O–H groups in total. The highest BCUT2D eigenvalue weighted by atomic mass is 16.5. The number of nitrogens with one attached hydrogen (secondary N) is 2. The summed E-state index contributed by atoms with van der Waals surface area (Å²) in [6, 6.07) is 1.71. The van der Waals surface area contributed by atoms with Crippen LogP contribution in [0.4, 0.5) is 0 Å². The second-order valence-corrected chi connectivity index (χ2v) is 4.53. The lowest BCUT2D eigenvalue weighted by Crippen LogP contribution is -2.43. The first-order valence-corrected chi connectivity index (χ1v) is 5.48. The van der Waals surface area contributed by atoms with Gasteiger partial charge in [0.2, 0.25) is 0 Å². The van der Waals surface area contributed by atoms with Crippen molar-refractivity contribution in [2.75, 3.05) is 20.8 Å². The number of hydrogen-bond donors (Lipinski definition) is 2. The first kappa shape index (κ1) is 13.7. The summed E-state index contributed by atoms with van der Waals surface area (Å²) in [5, 5.41) is 3.32. The molecule has 5 nitrogen and oxygen atoms in total. The molecule has 96 valence electrons. The summed E-state index contributed by atoms with van der Waals surface area (Å²) >= 11 is 0. The number of ether oxygens (including phenoxy) is 2. The van der Waals surface area contributed by atoms with Crippen molar-refractivity contribution in [3.8, 4) is 0 Å². The molecule has 0 saturated carbocycles. The van der Waals surface area contributed by atoms with Crippen molar-refractivity contribution in [1.82, 2.24) is 10.3 Å². The summed E-state index contributed by atoms with van der Waals surface area (Å²) in [4.78, 5) is 14.5. The Hall–Kier alpha value is -1.33. The first-order valence-electron chi connectivity index (χ1n) is 5.48. The second-order valence-electron chi connectivity index (χ2n) is 4.53. The van der Waals surface area contributed by atoms with Crippen molar-refractivity contribution >= 4 is 5.97 Å². The van der Waals surface area contributed by atoms with E-state index >= 15 is 0 Å². The number of rotatable bonds is 6. The molecular formula is C12H20N2O3. The fourth-order valence-corrected chi connectivity index (χ4v) is 1.59. The van der Waals surface area contributed by atoms with E-state index in [2.05, 4.69) is 10.3 Å². The molecule has 0 atom stereocenters. The van der Waals surface area contributed by atoms with Crippen LogP contribution in [0.2, 0.25) is 0 Å². The Kier molecular flexibility index (Phi) is 4.72. The van der Waals surface area contributed by atoms with Crippen LogP contribution in [-0.2, 0) is 16.0 Å². The normalized spacial score (nSPS) is 11.5. The molecule has 17 heavy (non-hydrogen) atoms. The van der Waals surface area contributed by atoms with Crippen molar-refractivity contribution in [2.24, 2.45) is 0 Å². The van der Waals surface area contributed by atoms with Crippen LogP contribution in [0.25, 0.3) is 0 Å². The third kappa shape index (κ3) is 3.87. The van der Waals surface area contributed by atoms with E-state index in [0.29, 0.717) is 18.7 Å². The predicted octanol–water partition coefficient (Wildman–Crippen LogP) is 1.32. The monoisotopic (exact) mass is 240 g/mol. The summed E-state index contributed by atoms with van der Waals surface area (Å²) in [6.07, 6.45) is 1.73. The van der Waals surface area contributed by atoms with Crippen LogP contribution in [0.15, 0.2) is 12.3 Å². The van der Waals surface area contributed by atoms with Gasteiger partial charge < -0.3 is 19.8 Å². The predicted molar refractivity (Wildman–Crippen MR) is 64.9 cm³/mol. The van der Waals surface area contributed by atoms with Gasteiger partial charge in [0, 0.05) is 31.1 Å². The van der Waals surface area contributed by atoms with Crippen LogP contribution >= 0.6 is 0 Å². The van der Waals surface area contributed by atoms with Gasteiger partial charge in [-0.25, -0.2) is 4.79 Å². The molecule has 1 rings (SSSR count). The maximum atomic E-state index is 11.5. The van der Waals surface area contributed by atoms with Crippen LogP contribution < -0.4 is 5.32 Å². The summed E-state index contributed by atoms with van der Waals surface area (Å²) in [6.45, 7) is 5.24. The lowest BCUT2D eigenvalue weighted by atomic mass is 10.1. The number of H-pyrrole nitrogens is 1. The van der Waals surface area contributed by atoms with E-state index < -0.39 is 0 Å². The molecule has 1 heterocycles. The number of aromatic amines is 1. The van der Waals surface area contributed by atoms with E-state index in [1.807, 2.05) is 13.8 Å². The van der Waals surface area contributed by atoms with Crippen molar-refractivity contribution < 1.29 is 14.3 Å². The Bertz CT molecular complexity index is 372. The number of carbonyl (C=O) groups is 1. The first-order chi connectivity index (χ1) is 8.00. The molecule has 0 fully saturated rings. The molecule has 0 aliphatic heterocycles. The molecule has 0 aliphatic rings. The van der Waals surface area contributed by atoms with E-state index in [-0.39, 0.29) is 11.5 Å². The van der Waals surface area contributed by atoms with Crippen LogP contribution in [0.1, 0.15) is 29.9 Å². The lowest BCUT2D eigenvalue weighted by Gasteiger charge is -2.25. The van der Waals surface area contributed by atoms with Gasteiger partial charge in [-0.05, 0) is 19.9 Å². The van der Waals surface area contributed by atoms with Crippen LogP contribution in [0.3, 0.4) is 0 Å². The molecule has 0 unspecified atom stereocenters. The number of esters is 1. The highest BCUT2D eigenvalue weighted by Gasteiger charge is 2.19. The van der Waals surface area contributed by atoms with Gasteiger partial charge in [0.25, 0.3) is 0 Å².